The van der Waals surface area contributed by atoms with Gasteiger partial charge in [0.15, 0.2) is 0 Å². The Balaban J connectivity index is 0.000000149. The summed E-state index contributed by atoms with van der Waals surface area (Å²) in [5, 5.41) is 28.0. The van der Waals surface area contributed by atoms with Crippen LogP contribution in [-0.2, 0) is 22.8 Å². The lowest BCUT2D eigenvalue weighted by molar-refractivity contribution is -0.164. The summed E-state index contributed by atoms with van der Waals surface area (Å²) in [6.07, 6.45) is 13.9. The van der Waals surface area contributed by atoms with E-state index in [-0.39, 0.29) is 46.9 Å². The summed E-state index contributed by atoms with van der Waals surface area (Å²) >= 11 is 0. The first-order valence-corrected chi connectivity index (χ1v) is 26.2. The number of carbonyl (C=O) groups excluding carboxylic acids is 2. The SMILES string of the molecule is O=C(N[C@H]1CCCN(c2ccc(OCc3ccccc3)cc2)C1)C12CC3CC(C1)C(O)C(C3)C2.O=C(N[C@H]1CCCN(c2ccc(OCc3ccccc3)cc2)C1)C12CC3CC(C1)C(O)C(C3)C2. The number of anilines is 2. The maximum atomic E-state index is 13.5. The van der Waals surface area contributed by atoms with E-state index in [9.17, 15) is 19.8 Å². The molecule has 10 fully saturated rings. The van der Waals surface area contributed by atoms with Gasteiger partial charge in [-0.2, -0.15) is 0 Å². The minimum Gasteiger partial charge on any atom is -0.489 e. The van der Waals surface area contributed by atoms with Crippen LogP contribution in [0.2, 0.25) is 0 Å². The molecule has 6 atom stereocenters. The molecule has 10 aliphatic rings. The van der Waals surface area contributed by atoms with Gasteiger partial charge >= 0.3 is 0 Å². The van der Waals surface area contributed by atoms with E-state index in [4.69, 9.17) is 9.47 Å². The second-order valence-corrected chi connectivity index (χ2v) is 22.5. The summed E-state index contributed by atoms with van der Waals surface area (Å²) in [4.78, 5) is 31.8. The molecule has 8 saturated carbocycles. The van der Waals surface area contributed by atoms with Crippen LogP contribution in [0, 0.1) is 46.3 Å². The number of ether oxygens (including phenoxy) is 2. The number of aliphatic hydroxyl groups is 2. The van der Waals surface area contributed by atoms with Crippen molar-refractivity contribution < 1.29 is 29.3 Å². The number of rotatable bonds is 12. The van der Waals surface area contributed by atoms with Gasteiger partial charge in [-0.15, -0.1) is 0 Å². The molecule has 0 radical (unpaired) electrons. The predicted molar refractivity (Wildman–Crippen MR) is 265 cm³/mol. The van der Waals surface area contributed by atoms with Crippen molar-refractivity contribution in [1.82, 2.24) is 10.6 Å². The number of aliphatic hydroxyl groups excluding tert-OH is 2. The van der Waals surface area contributed by atoms with Crippen molar-refractivity contribution in [3.63, 3.8) is 0 Å². The third kappa shape index (κ3) is 9.61. The molecule has 2 saturated heterocycles. The maximum absolute atomic E-state index is 13.5. The molecule has 0 aromatic heterocycles. The van der Waals surface area contributed by atoms with Crippen molar-refractivity contribution in [3.8, 4) is 11.5 Å². The van der Waals surface area contributed by atoms with Gasteiger partial charge < -0.3 is 40.1 Å². The monoisotopic (exact) mass is 921 g/mol. The first kappa shape index (κ1) is 45.4. The second-order valence-electron chi connectivity index (χ2n) is 22.5. The highest BCUT2D eigenvalue weighted by Crippen LogP contribution is 2.61. The van der Waals surface area contributed by atoms with E-state index < -0.39 is 0 Å². The van der Waals surface area contributed by atoms with E-state index in [0.717, 1.165) is 139 Å². The van der Waals surface area contributed by atoms with E-state index in [2.05, 4.69) is 69.0 Å². The Morgan fingerprint density at radius 2 is 0.882 bits per heavy atom. The molecule has 360 valence electrons. The first-order chi connectivity index (χ1) is 33.2. The molecule has 10 heteroatoms. The molecule has 4 unspecified atom stereocenters. The summed E-state index contributed by atoms with van der Waals surface area (Å²) in [5.74, 6) is 4.88. The van der Waals surface area contributed by atoms with Gasteiger partial charge in [0.25, 0.3) is 0 Å². The third-order valence-electron chi connectivity index (χ3n) is 17.8. The molecule has 2 heterocycles. The minimum absolute atomic E-state index is 0.178. The van der Waals surface area contributed by atoms with E-state index in [1.807, 2.05) is 60.7 Å². The largest absolute Gasteiger partial charge is 0.489 e. The Bertz CT molecular complexity index is 2150. The Labute approximate surface area is 403 Å². The molecular weight excluding hydrogens is 849 g/mol. The number of piperidine rings is 2. The summed E-state index contributed by atoms with van der Waals surface area (Å²) in [6, 6.07) is 37.5. The van der Waals surface area contributed by atoms with Crippen LogP contribution in [-0.4, -0.2) is 72.5 Å². The molecule has 4 N–H and O–H groups in total. The molecule has 2 aliphatic heterocycles. The lowest BCUT2D eigenvalue weighted by Crippen LogP contribution is -2.60. The van der Waals surface area contributed by atoms with Gasteiger partial charge in [-0.25, -0.2) is 0 Å². The number of amides is 2. The predicted octanol–water partition coefficient (Wildman–Crippen LogP) is 9.08. The number of benzene rings is 4. The van der Waals surface area contributed by atoms with Crippen LogP contribution in [0.15, 0.2) is 109 Å². The Morgan fingerprint density at radius 3 is 1.25 bits per heavy atom. The topological polar surface area (TPSA) is 124 Å². The van der Waals surface area contributed by atoms with Gasteiger partial charge in [0.2, 0.25) is 11.8 Å². The van der Waals surface area contributed by atoms with Crippen molar-refractivity contribution in [2.24, 2.45) is 46.3 Å². The van der Waals surface area contributed by atoms with Gasteiger partial charge in [-0.05, 0) is 185 Å². The van der Waals surface area contributed by atoms with Crippen molar-refractivity contribution in [2.45, 2.75) is 127 Å². The summed E-state index contributed by atoms with van der Waals surface area (Å²) in [6.45, 7) is 4.87. The molecule has 2 amide bonds. The van der Waals surface area contributed by atoms with Gasteiger partial charge in [0.05, 0.1) is 23.0 Å². The van der Waals surface area contributed by atoms with E-state index in [0.29, 0.717) is 48.7 Å². The van der Waals surface area contributed by atoms with Gasteiger partial charge in [0.1, 0.15) is 24.7 Å². The minimum atomic E-state index is -0.226. The zero-order valence-corrected chi connectivity index (χ0v) is 39.7. The Hall–Kier alpha value is -5.06. The van der Waals surface area contributed by atoms with Crippen LogP contribution in [0.25, 0.3) is 0 Å². The van der Waals surface area contributed by atoms with Crippen LogP contribution in [0.3, 0.4) is 0 Å². The first-order valence-electron chi connectivity index (χ1n) is 26.2. The second kappa shape index (κ2) is 19.4. The molecule has 4 aromatic rings. The van der Waals surface area contributed by atoms with Crippen molar-refractivity contribution >= 4 is 23.2 Å². The highest BCUT2D eigenvalue weighted by atomic mass is 16.5. The van der Waals surface area contributed by atoms with Crippen LogP contribution in [0.5, 0.6) is 11.5 Å². The van der Waals surface area contributed by atoms with E-state index in [1.165, 1.54) is 11.4 Å². The van der Waals surface area contributed by atoms with Gasteiger partial charge in [-0.3, -0.25) is 9.59 Å². The molecule has 4 aromatic carbocycles. The molecule has 14 rings (SSSR count). The lowest BCUT2D eigenvalue weighted by Gasteiger charge is -2.58. The molecule has 8 aliphatic carbocycles. The normalized spacial score (nSPS) is 34.1. The van der Waals surface area contributed by atoms with Gasteiger partial charge in [-0.1, -0.05) is 60.7 Å². The zero-order valence-electron chi connectivity index (χ0n) is 39.7. The van der Waals surface area contributed by atoms with Crippen molar-refractivity contribution in [3.05, 3.63) is 120 Å². The average Bonchev–Trinajstić information content (AvgIpc) is 3.37. The van der Waals surface area contributed by atoms with Crippen LogP contribution >= 0.6 is 0 Å². The maximum Gasteiger partial charge on any atom is 0.226 e. The number of hydrogen-bond acceptors (Lipinski definition) is 8. The summed E-state index contributed by atoms with van der Waals surface area (Å²) < 4.78 is 11.9. The average molecular weight is 921 g/mol. The number of carbonyl (C=O) groups is 2. The highest BCUT2D eigenvalue weighted by molar-refractivity contribution is 5.84. The van der Waals surface area contributed by atoms with Crippen molar-refractivity contribution in [2.75, 3.05) is 36.0 Å². The molecule has 10 nitrogen and oxygen atoms in total. The number of hydrogen-bond donors (Lipinski definition) is 4. The third-order valence-corrected chi connectivity index (χ3v) is 17.8. The standard InChI is InChI=1S/2C29H36N2O3/c2*32-27-22-13-21-14-23(27)17-29(15-21,16-22)28(33)30-24-7-4-12-31(18-24)25-8-10-26(11-9-25)34-19-20-5-2-1-3-6-20/h2*1-3,5-6,8-11,21-24,27,32H,4,7,12-19H2,(H,30,33)/t2*21?,22?,23?,24-,27?,29?/m00/s1. The molecule has 8 bridgehead atoms. The number of nitrogens with one attached hydrogen (secondary N) is 2. The van der Waals surface area contributed by atoms with Gasteiger partial charge in [0, 0.05) is 49.6 Å². The zero-order chi connectivity index (χ0) is 46.2. The lowest BCUT2D eigenvalue weighted by atomic mass is 9.48. The number of nitrogens with zero attached hydrogens (tertiary/aromatic N) is 2. The fraction of sp³-hybridized carbons (Fsp3) is 0.552. The summed E-state index contributed by atoms with van der Waals surface area (Å²) in [7, 11) is 0. The van der Waals surface area contributed by atoms with Crippen LogP contribution < -0.4 is 29.9 Å². The fourth-order valence-corrected chi connectivity index (χ4v) is 14.9. The Morgan fingerprint density at radius 1 is 0.515 bits per heavy atom. The fourth-order valence-electron chi connectivity index (χ4n) is 14.9. The van der Waals surface area contributed by atoms with E-state index >= 15 is 0 Å². The molecule has 68 heavy (non-hydrogen) atoms. The van der Waals surface area contributed by atoms with Crippen LogP contribution in [0.4, 0.5) is 11.4 Å². The van der Waals surface area contributed by atoms with Crippen LogP contribution in [0.1, 0.15) is 101 Å². The highest BCUT2D eigenvalue weighted by Gasteiger charge is 2.59. The Kier molecular flexibility index (Phi) is 12.9. The smallest absolute Gasteiger partial charge is 0.226 e. The quantitative estimate of drug-likeness (QED) is 0.111. The molecular formula is C58H72N4O6. The molecule has 0 spiro atoms. The van der Waals surface area contributed by atoms with E-state index in [1.54, 1.807) is 0 Å². The van der Waals surface area contributed by atoms with Crippen molar-refractivity contribution in [1.29, 1.82) is 0 Å². The summed E-state index contributed by atoms with van der Waals surface area (Å²) in [5.41, 5.74) is 4.24.